The Balaban J connectivity index is 1.86. The van der Waals surface area contributed by atoms with Gasteiger partial charge >= 0.3 is 5.97 Å². The lowest BCUT2D eigenvalue weighted by molar-refractivity contribution is -0.138. The van der Waals surface area contributed by atoms with Crippen molar-refractivity contribution in [3.8, 4) is 0 Å². The van der Waals surface area contributed by atoms with Crippen molar-refractivity contribution in [1.82, 2.24) is 0 Å². The molecule has 2 nitrogen and oxygen atoms in total. The van der Waals surface area contributed by atoms with Gasteiger partial charge in [0.1, 0.15) is 0 Å². The minimum atomic E-state index is -0.318. The molecule has 0 aromatic heterocycles. The summed E-state index contributed by atoms with van der Waals surface area (Å²) in [6.45, 7) is 0.531. The van der Waals surface area contributed by atoms with E-state index in [9.17, 15) is 4.79 Å². The first kappa shape index (κ1) is 14.2. The van der Waals surface area contributed by atoms with Gasteiger partial charge in [-0.3, -0.25) is 0 Å². The van der Waals surface area contributed by atoms with Gasteiger partial charge in [-0.05, 0) is 30.9 Å². The minimum Gasteiger partial charge on any atom is -0.462 e. The molecule has 0 amide bonds. The summed E-state index contributed by atoms with van der Waals surface area (Å²) in [5, 5.41) is 1.15. The van der Waals surface area contributed by atoms with Crippen molar-refractivity contribution < 1.29 is 9.53 Å². The van der Waals surface area contributed by atoms with Gasteiger partial charge in [0.25, 0.3) is 0 Å². The van der Waals surface area contributed by atoms with Gasteiger partial charge in [0.2, 0.25) is 0 Å². The van der Waals surface area contributed by atoms with Crippen LogP contribution in [-0.2, 0) is 9.53 Å². The number of esters is 1. The van der Waals surface area contributed by atoms with E-state index in [1.807, 2.05) is 0 Å². The Kier molecular flexibility index (Phi) is 5.06. The summed E-state index contributed by atoms with van der Waals surface area (Å²) in [4.78, 5) is 11.3. The second kappa shape index (κ2) is 6.78. The van der Waals surface area contributed by atoms with Crippen LogP contribution in [0.2, 0.25) is 10.0 Å². The lowest BCUT2D eigenvalue weighted by atomic mass is 10.2. The van der Waals surface area contributed by atoms with E-state index in [-0.39, 0.29) is 5.97 Å². The lowest BCUT2D eigenvalue weighted by Crippen LogP contribution is -2.03. The van der Waals surface area contributed by atoms with Crippen molar-refractivity contribution in [3.05, 3.63) is 52.0 Å². The molecule has 100 valence electrons. The molecule has 0 saturated heterocycles. The number of allylic oxidation sites excluding steroid dienone is 2. The fourth-order valence-corrected chi connectivity index (χ4v) is 2.01. The Morgan fingerprint density at radius 1 is 1.26 bits per heavy atom. The van der Waals surface area contributed by atoms with Crippen molar-refractivity contribution >= 4 is 35.2 Å². The summed E-state index contributed by atoms with van der Waals surface area (Å²) in [7, 11) is 0. The molecule has 1 aromatic carbocycles. The molecular formula is C15H14Cl2O2. The highest BCUT2D eigenvalue weighted by molar-refractivity contribution is 6.37. The quantitative estimate of drug-likeness (QED) is 0.454. The highest BCUT2D eigenvalue weighted by Gasteiger charge is 2.22. The molecule has 0 bridgehead atoms. The van der Waals surface area contributed by atoms with Gasteiger partial charge in [0, 0.05) is 21.7 Å². The van der Waals surface area contributed by atoms with Crippen LogP contribution in [0.25, 0.3) is 6.08 Å². The van der Waals surface area contributed by atoms with E-state index in [1.54, 1.807) is 36.4 Å². The van der Waals surface area contributed by atoms with Crippen molar-refractivity contribution in [2.75, 3.05) is 6.61 Å². The van der Waals surface area contributed by atoms with E-state index >= 15 is 0 Å². The first-order valence-corrected chi connectivity index (χ1v) is 6.88. The molecule has 19 heavy (non-hydrogen) atoms. The normalized spacial score (nSPS) is 15.3. The summed E-state index contributed by atoms with van der Waals surface area (Å²) < 4.78 is 5.05. The molecule has 1 aromatic rings. The van der Waals surface area contributed by atoms with E-state index < -0.39 is 0 Å². The van der Waals surface area contributed by atoms with Crippen LogP contribution in [0.3, 0.4) is 0 Å². The maximum Gasteiger partial charge on any atom is 0.330 e. The van der Waals surface area contributed by atoms with Crippen molar-refractivity contribution in [1.29, 1.82) is 0 Å². The summed E-state index contributed by atoms with van der Waals surface area (Å²) in [5.74, 6) is 0.261. The Labute approximate surface area is 122 Å². The van der Waals surface area contributed by atoms with Crippen LogP contribution in [0, 0.1) is 5.92 Å². The highest BCUT2D eigenvalue weighted by atomic mass is 35.5. The average Bonchev–Trinajstić information content (AvgIpc) is 3.19. The maximum atomic E-state index is 11.3. The molecule has 0 spiro atoms. The van der Waals surface area contributed by atoms with Crippen LogP contribution in [0.15, 0.2) is 36.4 Å². The first-order valence-electron chi connectivity index (χ1n) is 6.12. The molecule has 1 saturated carbocycles. The largest absolute Gasteiger partial charge is 0.462 e. The Bertz CT molecular complexity index is 497. The standard InChI is InChI=1S/C15H14Cl2O2/c16-13-5-3-6-14(17)12(13)4-1-2-7-15(18)19-10-11-8-9-11/h1-7,11H,8-10H2. The third kappa shape index (κ3) is 4.73. The average molecular weight is 297 g/mol. The highest BCUT2D eigenvalue weighted by Crippen LogP contribution is 2.28. The molecular weight excluding hydrogens is 283 g/mol. The Hall–Kier alpha value is -1.25. The van der Waals surface area contributed by atoms with Crippen LogP contribution < -0.4 is 0 Å². The molecule has 1 fully saturated rings. The number of carbonyl (C=O) groups excluding carboxylic acids is 1. The zero-order chi connectivity index (χ0) is 13.7. The summed E-state index contributed by atoms with van der Waals surface area (Å²) in [5.41, 5.74) is 0.738. The van der Waals surface area contributed by atoms with Crippen LogP contribution in [-0.4, -0.2) is 12.6 Å². The molecule has 1 aliphatic rings. The van der Waals surface area contributed by atoms with Crippen LogP contribution in [0.5, 0.6) is 0 Å². The third-order valence-electron chi connectivity index (χ3n) is 2.76. The number of hydrogen-bond donors (Lipinski definition) is 0. The van der Waals surface area contributed by atoms with Gasteiger partial charge in [-0.15, -0.1) is 0 Å². The van der Waals surface area contributed by atoms with Gasteiger partial charge in [-0.1, -0.05) is 47.5 Å². The number of benzene rings is 1. The molecule has 0 radical (unpaired) electrons. The van der Waals surface area contributed by atoms with Gasteiger partial charge in [0.15, 0.2) is 0 Å². The fraction of sp³-hybridized carbons (Fsp3) is 0.267. The zero-order valence-electron chi connectivity index (χ0n) is 10.3. The van der Waals surface area contributed by atoms with Crippen molar-refractivity contribution in [2.24, 2.45) is 5.92 Å². The SMILES string of the molecule is O=C(C=CC=Cc1c(Cl)cccc1Cl)OCC1CC1. The smallest absolute Gasteiger partial charge is 0.330 e. The molecule has 1 aliphatic carbocycles. The predicted molar refractivity (Wildman–Crippen MR) is 78.3 cm³/mol. The monoisotopic (exact) mass is 296 g/mol. The number of rotatable bonds is 5. The predicted octanol–water partition coefficient (Wildman–Crippen LogP) is 4.52. The fourth-order valence-electron chi connectivity index (χ4n) is 1.49. The topological polar surface area (TPSA) is 26.3 Å². The van der Waals surface area contributed by atoms with E-state index in [0.717, 1.165) is 5.56 Å². The van der Waals surface area contributed by atoms with E-state index in [1.165, 1.54) is 18.9 Å². The lowest BCUT2D eigenvalue weighted by Gasteiger charge is -1.99. The third-order valence-corrected chi connectivity index (χ3v) is 3.42. The van der Waals surface area contributed by atoms with Gasteiger partial charge in [-0.2, -0.15) is 0 Å². The first-order chi connectivity index (χ1) is 9.16. The second-order valence-electron chi connectivity index (χ2n) is 4.43. The van der Waals surface area contributed by atoms with Crippen LogP contribution in [0.1, 0.15) is 18.4 Å². The number of ether oxygens (including phenoxy) is 1. The van der Waals surface area contributed by atoms with Gasteiger partial charge in [-0.25, -0.2) is 4.79 Å². The second-order valence-corrected chi connectivity index (χ2v) is 5.24. The van der Waals surface area contributed by atoms with Crippen LogP contribution >= 0.6 is 23.2 Å². The Morgan fingerprint density at radius 3 is 2.58 bits per heavy atom. The van der Waals surface area contributed by atoms with Gasteiger partial charge < -0.3 is 4.74 Å². The zero-order valence-corrected chi connectivity index (χ0v) is 11.8. The van der Waals surface area contributed by atoms with Crippen molar-refractivity contribution in [2.45, 2.75) is 12.8 Å². The number of hydrogen-bond acceptors (Lipinski definition) is 2. The molecule has 0 heterocycles. The number of carbonyl (C=O) groups is 1. The van der Waals surface area contributed by atoms with Gasteiger partial charge in [0.05, 0.1) is 6.61 Å². The molecule has 0 aliphatic heterocycles. The number of halogens is 2. The molecule has 4 heteroatoms. The van der Waals surface area contributed by atoms with E-state index in [2.05, 4.69) is 0 Å². The molecule has 0 unspecified atom stereocenters. The summed E-state index contributed by atoms with van der Waals surface area (Å²) in [6.07, 6.45) is 8.82. The van der Waals surface area contributed by atoms with E-state index in [4.69, 9.17) is 27.9 Å². The molecule has 0 N–H and O–H groups in total. The maximum absolute atomic E-state index is 11.3. The van der Waals surface area contributed by atoms with E-state index in [0.29, 0.717) is 22.6 Å². The van der Waals surface area contributed by atoms with Crippen molar-refractivity contribution in [3.63, 3.8) is 0 Å². The van der Waals surface area contributed by atoms with Crippen LogP contribution in [0.4, 0.5) is 0 Å². The molecule has 0 atom stereocenters. The Morgan fingerprint density at radius 2 is 1.95 bits per heavy atom. The minimum absolute atomic E-state index is 0.318. The molecule has 2 rings (SSSR count). The summed E-state index contributed by atoms with van der Waals surface area (Å²) in [6, 6.07) is 5.31. The summed E-state index contributed by atoms with van der Waals surface area (Å²) >= 11 is 12.0.